The molecular formula is C28H31N3O4. The highest BCUT2D eigenvalue weighted by Gasteiger charge is 2.39. The van der Waals surface area contributed by atoms with Crippen LogP contribution >= 0.6 is 0 Å². The highest BCUT2D eigenvalue weighted by Crippen LogP contribution is 2.41. The number of oxazole rings is 1. The second-order valence-corrected chi connectivity index (χ2v) is 9.40. The zero-order chi connectivity index (χ0) is 24.4. The van der Waals surface area contributed by atoms with Crippen molar-refractivity contribution in [3.63, 3.8) is 0 Å². The summed E-state index contributed by atoms with van der Waals surface area (Å²) in [5.74, 6) is 1.18. The number of nitrogens with zero attached hydrogens (tertiary/aromatic N) is 2. The average molecular weight is 474 g/mol. The van der Waals surface area contributed by atoms with Crippen molar-refractivity contribution in [2.24, 2.45) is 5.92 Å². The molecule has 1 aromatic heterocycles. The lowest BCUT2D eigenvalue weighted by Crippen LogP contribution is -2.41. The van der Waals surface area contributed by atoms with E-state index in [4.69, 9.17) is 9.15 Å². The van der Waals surface area contributed by atoms with Crippen LogP contribution in [0.4, 0.5) is 0 Å². The van der Waals surface area contributed by atoms with Gasteiger partial charge in [-0.3, -0.25) is 9.59 Å². The third kappa shape index (κ3) is 5.09. The largest absolute Gasteiger partial charge is 0.484 e. The normalized spacial score (nSPS) is 17.1. The van der Waals surface area contributed by atoms with E-state index < -0.39 is 0 Å². The van der Waals surface area contributed by atoms with Crippen LogP contribution in [0, 0.1) is 12.8 Å². The summed E-state index contributed by atoms with van der Waals surface area (Å²) < 4.78 is 11.4. The Kier molecular flexibility index (Phi) is 6.57. The number of carbonyl (C=O) groups excluding carboxylic acids is 2. The number of carbonyl (C=O) groups is 2. The molecule has 1 fully saturated rings. The minimum Gasteiger partial charge on any atom is -0.484 e. The van der Waals surface area contributed by atoms with Crippen LogP contribution in [0.2, 0.25) is 0 Å². The van der Waals surface area contributed by atoms with Crippen molar-refractivity contribution in [1.29, 1.82) is 0 Å². The van der Waals surface area contributed by atoms with E-state index in [9.17, 15) is 9.59 Å². The topological polar surface area (TPSA) is 84.7 Å². The quantitative estimate of drug-likeness (QED) is 0.517. The standard InChI is InChI=1S/C28H31N3O4/c1-3-13-29-27(32)24-16-35-25(30-24)17-34-22-11-10-19-12-14-31(28(33)21-8-9-21)26(23(19)15-22)20-6-4-18(2)5-7-20/h4-7,10-11,15-16,21,26H,3,8-9,12-14,17H2,1-2H3,(H,29,32)/t26-/m0/s1. The molecule has 182 valence electrons. The molecule has 0 radical (unpaired) electrons. The van der Waals surface area contributed by atoms with Crippen molar-refractivity contribution in [1.82, 2.24) is 15.2 Å². The lowest BCUT2D eigenvalue weighted by molar-refractivity contribution is -0.134. The van der Waals surface area contributed by atoms with E-state index in [1.807, 2.05) is 24.0 Å². The van der Waals surface area contributed by atoms with Gasteiger partial charge in [0.25, 0.3) is 5.91 Å². The summed E-state index contributed by atoms with van der Waals surface area (Å²) in [6.45, 7) is 5.49. The van der Waals surface area contributed by atoms with Crippen LogP contribution in [-0.4, -0.2) is 34.8 Å². The van der Waals surface area contributed by atoms with Gasteiger partial charge < -0.3 is 19.4 Å². The van der Waals surface area contributed by atoms with Gasteiger partial charge in [0.2, 0.25) is 11.8 Å². The first-order chi connectivity index (χ1) is 17.0. The number of benzene rings is 2. The number of amides is 2. The lowest BCUT2D eigenvalue weighted by atomic mass is 9.87. The predicted octanol–water partition coefficient (Wildman–Crippen LogP) is 4.59. The molecule has 2 aliphatic rings. The van der Waals surface area contributed by atoms with Gasteiger partial charge in [0.1, 0.15) is 12.0 Å². The molecular weight excluding hydrogens is 442 g/mol. The summed E-state index contributed by atoms with van der Waals surface area (Å²) in [6, 6.07) is 14.4. The third-order valence-electron chi connectivity index (χ3n) is 6.63. The van der Waals surface area contributed by atoms with Crippen LogP contribution in [0.15, 0.2) is 53.1 Å². The molecule has 0 bridgehead atoms. The molecule has 0 unspecified atom stereocenters. The summed E-state index contributed by atoms with van der Waals surface area (Å²) in [6.07, 6.45) is 5.00. The fourth-order valence-corrected chi connectivity index (χ4v) is 4.55. The first kappa shape index (κ1) is 23.1. The molecule has 2 aromatic carbocycles. The Morgan fingerprint density at radius 1 is 1.17 bits per heavy atom. The molecule has 0 saturated heterocycles. The van der Waals surface area contributed by atoms with Gasteiger partial charge in [-0.15, -0.1) is 0 Å². The van der Waals surface area contributed by atoms with Crippen molar-refractivity contribution in [2.45, 2.75) is 52.2 Å². The summed E-state index contributed by atoms with van der Waals surface area (Å²) in [5, 5.41) is 2.78. The number of ether oxygens (including phenoxy) is 1. The molecule has 1 aliphatic carbocycles. The summed E-state index contributed by atoms with van der Waals surface area (Å²) in [4.78, 5) is 31.5. The lowest BCUT2D eigenvalue weighted by Gasteiger charge is -2.38. The number of hydrogen-bond donors (Lipinski definition) is 1. The fraction of sp³-hybridized carbons (Fsp3) is 0.393. The van der Waals surface area contributed by atoms with Crippen LogP contribution < -0.4 is 10.1 Å². The zero-order valence-electron chi connectivity index (χ0n) is 20.3. The van der Waals surface area contributed by atoms with Gasteiger partial charge in [-0.05, 0) is 61.4 Å². The molecule has 1 N–H and O–H groups in total. The van der Waals surface area contributed by atoms with Gasteiger partial charge >= 0.3 is 0 Å². The van der Waals surface area contributed by atoms with E-state index in [1.54, 1.807) is 0 Å². The molecule has 35 heavy (non-hydrogen) atoms. The Balaban J connectivity index is 1.37. The summed E-state index contributed by atoms with van der Waals surface area (Å²) in [5.41, 5.74) is 4.87. The van der Waals surface area contributed by atoms with Gasteiger partial charge in [0, 0.05) is 19.0 Å². The monoisotopic (exact) mass is 473 g/mol. The Morgan fingerprint density at radius 2 is 1.97 bits per heavy atom. The van der Waals surface area contributed by atoms with Crippen LogP contribution in [0.25, 0.3) is 0 Å². The first-order valence-electron chi connectivity index (χ1n) is 12.4. The van der Waals surface area contributed by atoms with Crippen LogP contribution in [0.3, 0.4) is 0 Å². The van der Waals surface area contributed by atoms with Gasteiger partial charge in [-0.1, -0.05) is 42.8 Å². The maximum atomic E-state index is 13.2. The summed E-state index contributed by atoms with van der Waals surface area (Å²) in [7, 11) is 0. The molecule has 5 rings (SSSR count). The molecule has 1 aliphatic heterocycles. The molecule has 1 saturated carbocycles. The van der Waals surface area contributed by atoms with E-state index in [2.05, 4.69) is 47.6 Å². The fourth-order valence-electron chi connectivity index (χ4n) is 4.55. The average Bonchev–Trinajstić information content (AvgIpc) is 3.62. The Labute approximate surface area is 205 Å². The number of aryl methyl sites for hydroxylation is 1. The van der Waals surface area contributed by atoms with Crippen LogP contribution in [0.1, 0.15) is 70.9 Å². The Hall–Kier alpha value is -3.61. The van der Waals surface area contributed by atoms with E-state index >= 15 is 0 Å². The minimum absolute atomic E-state index is 0.111. The van der Waals surface area contributed by atoms with Crippen LogP contribution in [0.5, 0.6) is 5.75 Å². The number of nitrogens with one attached hydrogen (secondary N) is 1. The minimum atomic E-state index is -0.253. The third-order valence-corrected chi connectivity index (χ3v) is 6.63. The van der Waals surface area contributed by atoms with Crippen molar-refractivity contribution in [3.05, 3.63) is 82.6 Å². The van der Waals surface area contributed by atoms with Gasteiger partial charge in [-0.2, -0.15) is 0 Å². The Morgan fingerprint density at radius 3 is 2.71 bits per heavy atom. The highest BCUT2D eigenvalue weighted by molar-refractivity contribution is 5.91. The molecule has 2 heterocycles. The van der Waals surface area contributed by atoms with Crippen molar-refractivity contribution in [3.8, 4) is 5.75 Å². The van der Waals surface area contributed by atoms with E-state index in [1.165, 1.54) is 17.4 Å². The van der Waals surface area contributed by atoms with Gasteiger partial charge in [0.15, 0.2) is 12.3 Å². The van der Waals surface area contributed by atoms with Crippen LogP contribution in [-0.2, 0) is 17.8 Å². The van der Waals surface area contributed by atoms with Crippen molar-refractivity contribution in [2.75, 3.05) is 13.1 Å². The highest BCUT2D eigenvalue weighted by atomic mass is 16.5. The Bertz CT molecular complexity index is 1210. The molecule has 1 atom stereocenters. The smallest absolute Gasteiger partial charge is 0.273 e. The summed E-state index contributed by atoms with van der Waals surface area (Å²) >= 11 is 0. The van der Waals surface area contributed by atoms with Crippen molar-refractivity contribution >= 4 is 11.8 Å². The second kappa shape index (κ2) is 9.94. The second-order valence-electron chi connectivity index (χ2n) is 9.40. The maximum absolute atomic E-state index is 13.2. The van der Waals surface area contributed by atoms with Crippen molar-refractivity contribution < 1.29 is 18.7 Å². The first-order valence-corrected chi connectivity index (χ1v) is 12.4. The predicted molar refractivity (Wildman–Crippen MR) is 131 cm³/mol. The number of rotatable bonds is 8. The van der Waals surface area contributed by atoms with Gasteiger partial charge in [0.05, 0.1) is 6.04 Å². The van der Waals surface area contributed by atoms with E-state index in [-0.39, 0.29) is 36.1 Å². The van der Waals surface area contributed by atoms with E-state index in [0.29, 0.717) is 18.2 Å². The number of aromatic nitrogens is 1. The number of hydrogen-bond acceptors (Lipinski definition) is 5. The molecule has 7 heteroatoms. The zero-order valence-corrected chi connectivity index (χ0v) is 20.3. The van der Waals surface area contributed by atoms with Gasteiger partial charge in [-0.25, -0.2) is 4.98 Å². The molecule has 0 spiro atoms. The van der Waals surface area contributed by atoms with E-state index in [0.717, 1.165) is 43.4 Å². The maximum Gasteiger partial charge on any atom is 0.273 e. The molecule has 3 aromatic rings. The SMILES string of the molecule is CCCNC(=O)c1coc(COc2ccc3c(c2)[C@H](c2ccc(C)cc2)N(C(=O)C2CC2)CC3)n1. The molecule has 2 amide bonds. The molecule has 7 nitrogen and oxygen atoms in total. The number of fused-ring (bicyclic) bond motifs is 1.